The Hall–Kier alpha value is -3.05. The Bertz CT molecular complexity index is 1020. The van der Waals surface area contributed by atoms with Gasteiger partial charge in [-0.1, -0.05) is 23.2 Å². The molecule has 0 spiro atoms. The van der Waals surface area contributed by atoms with Gasteiger partial charge in [0.25, 0.3) is 5.91 Å². The number of benzene rings is 2. The third-order valence-electron chi connectivity index (χ3n) is 5.11. The number of hydroxylamine groups is 2. The molecule has 0 radical (unpaired) electrons. The molecule has 12 heteroatoms. The zero-order chi connectivity index (χ0) is 23.6. The highest BCUT2D eigenvalue weighted by molar-refractivity contribution is 6.31. The van der Waals surface area contributed by atoms with Crippen LogP contribution in [0, 0.1) is 0 Å². The third kappa shape index (κ3) is 4.58. The highest BCUT2D eigenvalue weighted by Crippen LogP contribution is 2.38. The predicted molar refractivity (Wildman–Crippen MR) is 120 cm³/mol. The second-order valence-corrected chi connectivity index (χ2v) is 8.46. The first-order chi connectivity index (χ1) is 15.1. The van der Waals surface area contributed by atoms with Crippen molar-refractivity contribution in [3.63, 3.8) is 0 Å². The van der Waals surface area contributed by atoms with Crippen LogP contribution in [0.2, 0.25) is 10.0 Å². The number of carbonyl (C=O) groups excluding carboxylic acids is 3. The van der Waals surface area contributed by atoms with Gasteiger partial charge >= 0.3 is 12.1 Å². The van der Waals surface area contributed by atoms with Crippen LogP contribution in [-0.2, 0) is 4.79 Å². The average molecular weight is 481 g/mol. The molecule has 0 unspecified atom stereocenters. The maximum absolute atomic E-state index is 13.3. The van der Waals surface area contributed by atoms with Crippen LogP contribution in [-0.4, -0.2) is 51.4 Å². The number of anilines is 2. The van der Waals surface area contributed by atoms with Crippen LogP contribution in [0.3, 0.4) is 0 Å². The van der Waals surface area contributed by atoms with Crippen LogP contribution in [0.4, 0.5) is 21.0 Å². The molecule has 1 heterocycles. The summed E-state index contributed by atoms with van der Waals surface area (Å²) in [5.74, 6) is 4.57. The maximum atomic E-state index is 13.3. The number of hydrogen-bond donors (Lipinski definition) is 4. The lowest BCUT2D eigenvalue weighted by Gasteiger charge is -2.38. The molecule has 2 aromatic carbocycles. The summed E-state index contributed by atoms with van der Waals surface area (Å²) in [5.41, 5.74) is 1.54. The number of nitrogens with one attached hydrogen (secondary N) is 2. The number of rotatable bonds is 5. The first-order valence-corrected chi connectivity index (χ1v) is 10.2. The Morgan fingerprint density at radius 2 is 1.62 bits per heavy atom. The molecule has 32 heavy (non-hydrogen) atoms. The molecule has 0 aromatic heterocycles. The van der Waals surface area contributed by atoms with Crippen LogP contribution < -0.4 is 21.5 Å². The summed E-state index contributed by atoms with van der Waals surface area (Å²) < 4.78 is 0. The Balaban J connectivity index is 1.98. The Morgan fingerprint density at radius 1 is 1.09 bits per heavy atom. The van der Waals surface area contributed by atoms with Crippen LogP contribution in [0.1, 0.15) is 13.8 Å². The van der Waals surface area contributed by atoms with Gasteiger partial charge in [0.1, 0.15) is 6.54 Å². The van der Waals surface area contributed by atoms with Gasteiger partial charge in [0.15, 0.2) is 6.17 Å². The molecule has 1 saturated heterocycles. The van der Waals surface area contributed by atoms with E-state index in [4.69, 9.17) is 29.0 Å². The molecule has 1 atom stereocenters. The average Bonchev–Trinajstić information content (AvgIpc) is 2.95. The van der Waals surface area contributed by atoms with Gasteiger partial charge in [0.05, 0.1) is 5.54 Å². The summed E-state index contributed by atoms with van der Waals surface area (Å²) in [6.45, 7) is 2.86. The van der Waals surface area contributed by atoms with Gasteiger partial charge in [-0.2, -0.15) is 5.06 Å². The van der Waals surface area contributed by atoms with Crippen molar-refractivity contribution >= 4 is 52.5 Å². The van der Waals surface area contributed by atoms with Gasteiger partial charge in [-0.05, 0) is 62.4 Å². The number of amides is 5. The summed E-state index contributed by atoms with van der Waals surface area (Å²) in [7, 11) is 0. The van der Waals surface area contributed by atoms with E-state index in [-0.39, 0.29) is 6.54 Å². The number of urea groups is 2. The minimum Gasteiger partial charge on any atom is -0.306 e. The van der Waals surface area contributed by atoms with Crippen molar-refractivity contribution in [2.45, 2.75) is 25.6 Å². The topological polar surface area (TPSA) is 131 Å². The maximum Gasteiger partial charge on any atom is 0.347 e. The number of hydrazine groups is 1. The van der Waals surface area contributed by atoms with Crippen molar-refractivity contribution in [3.8, 4) is 0 Å². The Labute approximate surface area is 194 Å². The van der Waals surface area contributed by atoms with E-state index in [2.05, 4.69) is 5.32 Å². The lowest BCUT2D eigenvalue weighted by molar-refractivity contribution is -0.124. The number of halogens is 2. The SMILES string of the molecule is CC1(C)[C@H](N(O)C(=O)Nc2ccc(Cl)cc2)N(c2ccc(Cl)cc2)C(=O)N1CC(=O)NN. The van der Waals surface area contributed by atoms with Crippen molar-refractivity contribution in [1.82, 2.24) is 15.4 Å². The standard InChI is InChI=1S/C20H22Cl2N6O4/c1-20(2)17(28(32)18(30)24-14-7-3-12(21)4-8-14)27(15-9-5-13(22)6-10-15)19(31)26(20)11-16(29)25-23/h3-10,17,32H,11,23H2,1-2H3,(H,24,30)(H,25,29)/t17-/m0/s1. The van der Waals surface area contributed by atoms with Gasteiger partial charge in [0, 0.05) is 21.4 Å². The fourth-order valence-corrected chi connectivity index (χ4v) is 3.74. The molecule has 170 valence electrons. The number of hydrogen-bond acceptors (Lipinski definition) is 5. The monoisotopic (exact) mass is 480 g/mol. The lowest BCUT2D eigenvalue weighted by Crippen LogP contribution is -2.58. The summed E-state index contributed by atoms with van der Waals surface area (Å²) in [4.78, 5) is 40.5. The number of nitrogens with zero attached hydrogens (tertiary/aromatic N) is 3. The van der Waals surface area contributed by atoms with Gasteiger partial charge in [-0.15, -0.1) is 0 Å². The van der Waals surface area contributed by atoms with E-state index in [0.717, 1.165) is 0 Å². The molecule has 5 amide bonds. The lowest BCUT2D eigenvalue weighted by atomic mass is 9.99. The molecule has 1 aliphatic rings. The normalized spacial score (nSPS) is 17.3. The molecule has 0 bridgehead atoms. The predicted octanol–water partition coefficient (Wildman–Crippen LogP) is 3.25. The van der Waals surface area contributed by atoms with Crippen molar-refractivity contribution in [3.05, 3.63) is 58.6 Å². The van der Waals surface area contributed by atoms with Crippen LogP contribution >= 0.6 is 23.2 Å². The van der Waals surface area contributed by atoms with Crippen LogP contribution in [0.25, 0.3) is 0 Å². The number of nitrogens with two attached hydrogens (primary N) is 1. The Kier molecular flexibility index (Phi) is 6.79. The van der Waals surface area contributed by atoms with Gasteiger partial charge < -0.3 is 10.2 Å². The minimum absolute atomic E-state index is 0.367. The fourth-order valence-electron chi connectivity index (χ4n) is 3.48. The smallest absolute Gasteiger partial charge is 0.306 e. The first-order valence-electron chi connectivity index (χ1n) is 9.46. The van der Waals surface area contributed by atoms with Crippen molar-refractivity contribution in [1.29, 1.82) is 0 Å². The Morgan fingerprint density at radius 3 is 2.16 bits per heavy atom. The van der Waals surface area contributed by atoms with E-state index in [1.54, 1.807) is 62.4 Å². The molecule has 5 N–H and O–H groups in total. The van der Waals surface area contributed by atoms with Gasteiger partial charge in [-0.3, -0.25) is 20.3 Å². The summed E-state index contributed by atoms with van der Waals surface area (Å²) >= 11 is 11.8. The molecular weight excluding hydrogens is 459 g/mol. The van der Waals surface area contributed by atoms with Crippen molar-refractivity contribution in [2.75, 3.05) is 16.8 Å². The molecule has 0 aliphatic carbocycles. The summed E-state index contributed by atoms with van der Waals surface area (Å²) in [6.07, 6.45) is -1.20. The minimum atomic E-state index is -1.20. The molecule has 0 saturated carbocycles. The molecule has 2 aromatic rings. The molecule has 3 rings (SSSR count). The van der Waals surface area contributed by atoms with E-state index < -0.39 is 29.7 Å². The van der Waals surface area contributed by atoms with E-state index >= 15 is 0 Å². The molecule has 1 aliphatic heterocycles. The first kappa shape index (κ1) is 23.6. The molecular formula is C20H22Cl2N6O4. The van der Waals surface area contributed by atoms with E-state index in [1.165, 1.54) is 9.80 Å². The summed E-state index contributed by atoms with van der Waals surface area (Å²) in [6, 6.07) is 11.1. The van der Waals surface area contributed by atoms with Gasteiger partial charge in [0.2, 0.25) is 0 Å². The fraction of sp³-hybridized carbons (Fsp3) is 0.250. The van der Waals surface area contributed by atoms with Crippen LogP contribution in [0.5, 0.6) is 0 Å². The van der Waals surface area contributed by atoms with Crippen molar-refractivity contribution < 1.29 is 19.6 Å². The molecule has 10 nitrogen and oxygen atoms in total. The zero-order valence-electron chi connectivity index (χ0n) is 17.3. The van der Waals surface area contributed by atoms with E-state index in [0.29, 0.717) is 26.5 Å². The largest absolute Gasteiger partial charge is 0.347 e. The highest BCUT2D eigenvalue weighted by Gasteiger charge is 2.56. The third-order valence-corrected chi connectivity index (χ3v) is 5.62. The van der Waals surface area contributed by atoms with E-state index in [1.807, 2.05) is 5.43 Å². The van der Waals surface area contributed by atoms with E-state index in [9.17, 15) is 19.6 Å². The zero-order valence-corrected chi connectivity index (χ0v) is 18.8. The van der Waals surface area contributed by atoms with Gasteiger partial charge in [-0.25, -0.2) is 15.4 Å². The molecule has 1 fully saturated rings. The summed E-state index contributed by atoms with van der Waals surface area (Å²) in [5, 5.41) is 14.8. The second kappa shape index (κ2) is 9.21. The van der Waals surface area contributed by atoms with Crippen LogP contribution in [0.15, 0.2) is 48.5 Å². The second-order valence-electron chi connectivity index (χ2n) is 7.59. The highest BCUT2D eigenvalue weighted by atomic mass is 35.5. The number of carbonyl (C=O) groups is 3. The van der Waals surface area contributed by atoms with Crippen molar-refractivity contribution in [2.24, 2.45) is 5.84 Å². The quantitative estimate of drug-likeness (QED) is 0.225.